The number of thiazole rings is 1. The largest absolute Gasteiger partial charge is 1.00 e. The Morgan fingerprint density at radius 2 is 1.82 bits per heavy atom. The monoisotopic (exact) mass is 609 g/mol. The fourth-order valence-corrected chi connectivity index (χ4v) is 8.72. The van der Waals surface area contributed by atoms with Gasteiger partial charge in [0.05, 0.1) is 17.9 Å². The lowest BCUT2D eigenvalue weighted by molar-refractivity contribution is -0.684. The molecule has 1 aromatic carbocycles. The smallest absolute Gasteiger partial charge is 0.306 e. The van der Waals surface area contributed by atoms with E-state index in [4.69, 9.17) is 4.74 Å². The number of carbonyl (C=O) groups excluding carboxylic acids is 2. The molecular formula is C27H33Br2NO3S. The Morgan fingerprint density at radius 3 is 2.47 bits per heavy atom. The molecule has 1 heterocycles. The van der Waals surface area contributed by atoms with Crippen molar-refractivity contribution in [1.82, 2.24) is 0 Å². The molecule has 0 saturated heterocycles. The van der Waals surface area contributed by atoms with Crippen LogP contribution < -0.4 is 21.5 Å². The Kier molecular flexibility index (Phi) is 7.76. The van der Waals surface area contributed by atoms with Crippen LogP contribution in [0.2, 0.25) is 0 Å². The maximum atomic E-state index is 12.8. The first-order valence-electron chi connectivity index (χ1n) is 12.1. The van der Waals surface area contributed by atoms with Gasteiger partial charge in [0, 0.05) is 23.4 Å². The average molecular weight is 611 g/mol. The summed E-state index contributed by atoms with van der Waals surface area (Å²) in [5.41, 5.74) is 4.45. The van der Waals surface area contributed by atoms with Crippen LogP contribution in [0.3, 0.4) is 0 Å². The zero-order valence-corrected chi connectivity index (χ0v) is 23.9. The molecule has 34 heavy (non-hydrogen) atoms. The Bertz CT molecular complexity index is 1050. The van der Waals surface area contributed by atoms with Crippen molar-refractivity contribution in [2.45, 2.75) is 71.8 Å². The minimum absolute atomic E-state index is 0. The van der Waals surface area contributed by atoms with E-state index >= 15 is 0 Å². The van der Waals surface area contributed by atoms with Crippen LogP contribution in [0.1, 0.15) is 72.8 Å². The Hall–Kier alpha value is -1.05. The first-order valence-corrected chi connectivity index (χ1v) is 13.8. The maximum absolute atomic E-state index is 12.8. The molecule has 2 atom stereocenters. The van der Waals surface area contributed by atoms with Crippen LogP contribution in [0, 0.1) is 29.6 Å². The molecule has 184 valence electrons. The normalized spacial score (nSPS) is 29.0. The second kappa shape index (κ2) is 10.1. The van der Waals surface area contributed by atoms with E-state index in [0.29, 0.717) is 37.0 Å². The third-order valence-corrected chi connectivity index (χ3v) is 9.90. The van der Waals surface area contributed by atoms with Crippen molar-refractivity contribution >= 4 is 39.0 Å². The van der Waals surface area contributed by atoms with Crippen molar-refractivity contribution in [3.8, 4) is 0 Å². The summed E-state index contributed by atoms with van der Waals surface area (Å²) in [5.74, 6) is 1.73. The van der Waals surface area contributed by atoms with E-state index in [1.165, 1.54) is 43.4 Å². The number of hydrogen-bond acceptors (Lipinski definition) is 4. The van der Waals surface area contributed by atoms with Gasteiger partial charge in [0.1, 0.15) is 0 Å². The predicted octanol–water partition coefficient (Wildman–Crippen LogP) is 3.08. The van der Waals surface area contributed by atoms with Gasteiger partial charge in [0.25, 0.3) is 0 Å². The fourth-order valence-electron chi connectivity index (χ4n) is 7.48. The highest BCUT2D eigenvalue weighted by atomic mass is 79.9. The molecular weight excluding hydrogens is 578 g/mol. The topological polar surface area (TPSA) is 47.2 Å². The van der Waals surface area contributed by atoms with E-state index in [0.717, 1.165) is 22.0 Å². The van der Waals surface area contributed by atoms with Gasteiger partial charge >= 0.3 is 5.97 Å². The third kappa shape index (κ3) is 5.52. The Morgan fingerprint density at radius 1 is 1.15 bits per heavy atom. The number of rotatable bonds is 8. The summed E-state index contributed by atoms with van der Waals surface area (Å²) in [6.07, 6.45) is 9.07. The van der Waals surface area contributed by atoms with E-state index in [1.807, 2.05) is 41.3 Å². The Balaban J connectivity index is 0.00000274. The zero-order valence-electron chi connectivity index (χ0n) is 19.9. The summed E-state index contributed by atoms with van der Waals surface area (Å²) in [6, 6.07) is 7.47. The second-order valence-corrected chi connectivity index (χ2v) is 13.1. The van der Waals surface area contributed by atoms with E-state index < -0.39 is 0 Å². The average Bonchev–Trinajstić information content (AvgIpc) is 3.05. The van der Waals surface area contributed by atoms with Gasteiger partial charge in [-0.2, -0.15) is 4.57 Å². The lowest BCUT2D eigenvalue weighted by Crippen LogP contribution is -3.00. The van der Waals surface area contributed by atoms with Crippen molar-refractivity contribution in [2.24, 2.45) is 22.7 Å². The maximum Gasteiger partial charge on any atom is 0.306 e. The summed E-state index contributed by atoms with van der Waals surface area (Å²) in [4.78, 5) is 26.6. The van der Waals surface area contributed by atoms with Crippen molar-refractivity contribution in [3.63, 3.8) is 0 Å². The molecule has 0 amide bonds. The van der Waals surface area contributed by atoms with E-state index in [9.17, 15) is 9.59 Å². The molecule has 0 spiro atoms. The van der Waals surface area contributed by atoms with Crippen LogP contribution in [0.4, 0.5) is 0 Å². The number of aromatic nitrogens is 1. The second-order valence-electron chi connectivity index (χ2n) is 11.2. The Labute approximate surface area is 225 Å². The van der Waals surface area contributed by atoms with Crippen molar-refractivity contribution < 1.29 is 35.9 Å². The highest BCUT2D eigenvalue weighted by Crippen LogP contribution is 2.66. The molecule has 4 bridgehead atoms. The molecule has 6 rings (SSSR count). The van der Waals surface area contributed by atoms with E-state index in [1.54, 1.807) is 11.3 Å². The minimum Gasteiger partial charge on any atom is -1.00 e. The third-order valence-electron chi connectivity index (χ3n) is 8.22. The van der Waals surface area contributed by atoms with Crippen LogP contribution in [-0.4, -0.2) is 18.4 Å². The lowest BCUT2D eigenvalue weighted by Gasteiger charge is -2.61. The molecule has 1 aromatic heterocycles. The first kappa shape index (κ1) is 26.0. The van der Waals surface area contributed by atoms with Crippen LogP contribution >= 0.6 is 27.3 Å². The number of nitrogens with zero attached hydrogens (tertiary/aromatic N) is 1. The van der Waals surface area contributed by atoms with Gasteiger partial charge < -0.3 is 21.7 Å². The molecule has 4 aliphatic rings. The quantitative estimate of drug-likeness (QED) is 0.262. The van der Waals surface area contributed by atoms with Crippen LogP contribution in [0.15, 0.2) is 34.2 Å². The van der Waals surface area contributed by atoms with Gasteiger partial charge in [-0.3, -0.25) is 9.59 Å². The SMILES string of the molecule is Cc1c(CCOC(=O)CC23CC4CC(CC(C)(C4)C2)C3)sc[n+]1CC(=O)c1ccc(Br)cc1.[Br-]. The van der Waals surface area contributed by atoms with Gasteiger partial charge in [0.2, 0.25) is 17.8 Å². The number of ketones is 1. The first-order chi connectivity index (χ1) is 15.7. The predicted molar refractivity (Wildman–Crippen MR) is 132 cm³/mol. The highest BCUT2D eigenvalue weighted by molar-refractivity contribution is 9.10. The number of Topliss-reactive ketones (excluding diaryl/α,β-unsaturated/α-hetero) is 1. The fraction of sp³-hybridized carbons (Fsp3) is 0.593. The number of halogens is 2. The number of ether oxygens (including phenoxy) is 1. The molecule has 0 N–H and O–H groups in total. The molecule has 7 heteroatoms. The summed E-state index contributed by atoms with van der Waals surface area (Å²) >= 11 is 5.04. The molecule has 4 fully saturated rings. The summed E-state index contributed by atoms with van der Waals surface area (Å²) in [7, 11) is 0. The lowest BCUT2D eigenvalue weighted by atomic mass is 9.44. The van der Waals surface area contributed by atoms with Gasteiger partial charge in [-0.05, 0) is 73.3 Å². The number of hydrogen-bond donors (Lipinski definition) is 0. The zero-order chi connectivity index (χ0) is 23.2. The summed E-state index contributed by atoms with van der Waals surface area (Å²) in [6.45, 7) is 5.23. The van der Waals surface area contributed by atoms with Crippen LogP contribution in [0.5, 0.6) is 0 Å². The molecule has 2 unspecified atom stereocenters. The van der Waals surface area contributed by atoms with E-state index in [-0.39, 0.29) is 34.1 Å². The van der Waals surface area contributed by atoms with Crippen LogP contribution in [-0.2, 0) is 22.5 Å². The molecule has 0 aliphatic heterocycles. The van der Waals surface area contributed by atoms with Gasteiger partial charge in [-0.15, -0.1) is 0 Å². The van der Waals surface area contributed by atoms with E-state index in [2.05, 4.69) is 22.9 Å². The van der Waals surface area contributed by atoms with Crippen molar-refractivity contribution in [1.29, 1.82) is 0 Å². The summed E-state index contributed by atoms with van der Waals surface area (Å²) in [5, 5.41) is 0. The van der Waals surface area contributed by atoms with Gasteiger partial charge in [0.15, 0.2) is 5.69 Å². The number of benzene rings is 1. The summed E-state index contributed by atoms with van der Waals surface area (Å²) < 4.78 is 8.70. The number of carbonyl (C=O) groups is 2. The van der Waals surface area contributed by atoms with Crippen molar-refractivity contribution in [2.75, 3.05) is 6.61 Å². The minimum atomic E-state index is -0.0203. The standard InChI is InChI=1S/C27H33BrNO3S.BrH/c1-18-24(33-17-29(18)15-23(30)21-3-5-22(28)6-4-21)7-8-32-25(31)14-27-12-19-9-20(13-27)11-26(2,10-19)16-27;/h3-6,17,19-20H,7-16H2,1-2H3;1H/q+1;/p-1. The molecule has 4 saturated carbocycles. The number of esters is 1. The van der Waals surface area contributed by atoms with Gasteiger partial charge in [-0.25, -0.2) is 0 Å². The van der Waals surface area contributed by atoms with Crippen molar-refractivity contribution in [3.05, 3.63) is 50.4 Å². The van der Waals surface area contributed by atoms with Gasteiger partial charge in [-0.1, -0.05) is 46.3 Å². The molecule has 4 aliphatic carbocycles. The molecule has 4 nitrogen and oxygen atoms in total. The molecule has 0 radical (unpaired) electrons. The van der Waals surface area contributed by atoms with Crippen LogP contribution in [0.25, 0.3) is 0 Å². The molecule has 2 aromatic rings. The highest BCUT2D eigenvalue weighted by Gasteiger charge is 2.56.